The molecule has 0 radical (unpaired) electrons. The molecule has 0 aliphatic carbocycles. The molecule has 1 N–H and O–H groups in total. The van der Waals surface area contributed by atoms with E-state index >= 15 is 0 Å². The predicted molar refractivity (Wildman–Crippen MR) is 77.9 cm³/mol. The maximum atomic E-state index is 5.43. The van der Waals surface area contributed by atoms with Gasteiger partial charge >= 0.3 is 0 Å². The molecule has 100 valence electrons. The van der Waals surface area contributed by atoms with Crippen molar-refractivity contribution in [1.29, 1.82) is 0 Å². The Balaban J connectivity index is 0.00000120. The van der Waals surface area contributed by atoms with E-state index in [0.29, 0.717) is 0 Å². The number of ether oxygens (including phenoxy) is 1. The van der Waals surface area contributed by atoms with Gasteiger partial charge in [-0.3, -0.25) is 0 Å². The van der Waals surface area contributed by atoms with Gasteiger partial charge in [0.25, 0.3) is 0 Å². The molecule has 2 aliphatic rings. The molecular formula is C14H21ClN2O. The molecule has 0 amide bonds. The molecule has 4 heteroatoms. The van der Waals surface area contributed by atoms with E-state index in [1.807, 2.05) is 0 Å². The first-order chi connectivity index (χ1) is 8.43. The highest BCUT2D eigenvalue weighted by Gasteiger charge is 2.21. The number of para-hydroxylation sites is 2. The zero-order chi connectivity index (χ0) is 11.5. The molecule has 0 spiro atoms. The van der Waals surface area contributed by atoms with Gasteiger partial charge in [0.1, 0.15) is 0 Å². The monoisotopic (exact) mass is 268 g/mol. The second kappa shape index (κ2) is 6.30. The van der Waals surface area contributed by atoms with Crippen LogP contribution in [-0.4, -0.2) is 32.8 Å². The van der Waals surface area contributed by atoms with Crippen LogP contribution in [0.15, 0.2) is 24.3 Å². The SMILES string of the molecule is Cl.c1ccc2c(c1)NCCN2CC1CCOCC1. The Morgan fingerprint density at radius 3 is 2.83 bits per heavy atom. The van der Waals surface area contributed by atoms with Crippen molar-refractivity contribution in [1.82, 2.24) is 0 Å². The Bertz CT molecular complexity index is 380. The summed E-state index contributed by atoms with van der Waals surface area (Å²) in [6.07, 6.45) is 2.43. The number of rotatable bonds is 2. The highest BCUT2D eigenvalue weighted by molar-refractivity contribution is 5.85. The third-order valence-electron chi connectivity index (χ3n) is 3.76. The highest BCUT2D eigenvalue weighted by atomic mass is 35.5. The first kappa shape index (κ1) is 13.5. The smallest absolute Gasteiger partial charge is 0.0602 e. The summed E-state index contributed by atoms with van der Waals surface area (Å²) >= 11 is 0. The Hall–Kier alpha value is -0.930. The minimum atomic E-state index is 0. The summed E-state index contributed by atoms with van der Waals surface area (Å²) < 4.78 is 5.43. The Morgan fingerprint density at radius 1 is 1.22 bits per heavy atom. The molecule has 0 unspecified atom stereocenters. The van der Waals surface area contributed by atoms with Crippen molar-refractivity contribution < 1.29 is 4.74 Å². The molecule has 1 aromatic rings. The lowest BCUT2D eigenvalue weighted by Crippen LogP contribution is -2.38. The summed E-state index contributed by atoms with van der Waals surface area (Å²) in [7, 11) is 0. The molecule has 0 bridgehead atoms. The summed E-state index contributed by atoms with van der Waals surface area (Å²) in [6.45, 7) is 5.24. The lowest BCUT2D eigenvalue weighted by molar-refractivity contribution is 0.0682. The predicted octanol–water partition coefficient (Wildman–Crippen LogP) is 2.77. The molecule has 18 heavy (non-hydrogen) atoms. The molecule has 3 nitrogen and oxygen atoms in total. The van der Waals surface area contributed by atoms with E-state index in [1.165, 1.54) is 30.8 Å². The third kappa shape index (κ3) is 2.90. The number of nitrogens with zero attached hydrogens (tertiary/aromatic N) is 1. The highest BCUT2D eigenvalue weighted by Crippen LogP contribution is 2.30. The first-order valence-corrected chi connectivity index (χ1v) is 6.59. The molecule has 2 heterocycles. The van der Waals surface area contributed by atoms with Crippen molar-refractivity contribution in [2.75, 3.05) is 43.1 Å². The summed E-state index contributed by atoms with van der Waals surface area (Å²) in [5.41, 5.74) is 2.65. The zero-order valence-electron chi connectivity index (χ0n) is 10.6. The number of benzene rings is 1. The quantitative estimate of drug-likeness (QED) is 0.893. The van der Waals surface area contributed by atoms with Crippen LogP contribution < -0.4 is 10.2 Å². The second-order valence-corrected chi connectivity index (χ2v) is 4.95. The minimum Gasteiger partial charge on any atom is -0.382 e. The van der Waals surface area contributed by atoms with Crippen LogP contribution in [0.5, 0.6) is 0 Å². The van der Waals surface area contributed by atoms with E-state index in [4.69, 9.17) is 4.74 Å². The number of anilines is 2. The first-order valence-electron chi connectivity index (χ1n) is 6.59. The van der Waals surface area contributed by atoms with Crippen LogP contribution in [0.4, 0.5) is 11.4 Å². The summed E-state index contributed by atoms with van der Waals surface area (Å²) in [5, 5.41) is 3.46. The Kier molecular flexibility index (Phi) is 4.72. The molecular weight excluding hydrogens is 248 g/mol. The number of hydrogen-bond donors (Lipinski definition) is 1. The van der Waals surface area contributed by atoms with Gasteiger partial charge in [-0.05, 0) is 30.9 Å². The van der Waals surface area contributed by atoms with Crippen molar-refractivity contribution >= 4 is 23.8 Å². The van der Waals surface area contributed by atoms with E-state index < -0.39 is 0 Å². The molecule has 2 aliphatic heterocycles. The standard InChI is InChI=1S/C14H20N2O.ClH/c1-2-4-14-13(3-1)15-7-8-16(14)11-12-5-9-17-10-6-12;/h1-4,12,15H,5-11H2;1H. The maximum Gasteiger partial charge on any atom is 0.0602 e. The van der Waals surface area contributed by atoms with Gasteiger partial charge in [0.15, 0.2) is 0 Å². The van der Waals surface area contributed by atoms with Crippen molar-refractivity contribution in [3.05, 3.63) is 24.3 Å². The van der Waals surface area contributed by atoms with Crippen LogP contribution in [0, 0.1) is 5.92 Å². The van der Waals surface area contributed by atoms with Gasteiger partial charge < -0.3 is 15.0 Å². The molecule has 0 aromatic heterocycles. The summed E-state index contributed by atoms with van der Waals surface area (Å²) in [6, 6.07) is 8.62. The van der Waals surface area contributed by atoms with Gasteiger partial charge in [0.05, 0.1) is 11.4 Å². The number of halogens is 1. The van der Waals surface area contributed by atoms with Crippen molar-refractivity contribution in [2.45, 2.75) is 12.8 Å². The average molecular weight is 269 g/mol. The fraction of sp³-hybridized carbons (Fsp3) is 0.571. The van der Waals surface area contributed by atoms with E-state index in [1.54, 1.807) is 0 Å². The molecule has 0 saturated carbocycles. The van der Waals surface area contributed by atoms with E-state index in [0.717, 1.165) is 32.2 Å². The van der Waals surface area contributed by atoms with Crippen LogP contribution in [0.1, 0.15) is 12.8 Å². The van der Waals surface area contributed by atoms with Gasteiger partial charge in [-0.2, -0.15) is 0 Å². The van der Waals surface area contributed by atoms with E-state index in [2.05, 4.69) is 34.5 Å². The maximum absolute atomic E-state index is 5.43. The van der Waals surface area contributed by atoms with Crippen LogP contribution >= 0.6 is 12.4 Å². The van der Waals surface area contributed by atoms with Gasteiger partial charge in [-0.25, -0.2) is 0 Å². The van der Waals surface area contributed by atoms with E-state index in [9.17, 15) is 0 Å². The Labute approximate surface area is 115 Å². The lowest BCUT2D eigenvalue weighted by Gasteiger charge is -2.35. The third-order valence-corrected chi connectivity index (χ3v) is 3.76. The minimum absolute atomic E-state index is 0. The fourth-order valence-electron chi connectivity index (χ4n) is 2.78. The van der Waals surface area contributed by atoms with Crippen LogP contribution in [0.3, 0.4) is 0 Å². The number of nitrogens with one attached hydrogen (secondary N) is 1. The van der Waals surface area contributed by atoms with Crippen molar-refractivity contribution in [3.63, 3.8) is 0 Å². The average Bonchev–Trinajstić information content (AvgIpc) is 2.40. The second-order valence-electron chi connectivity index (χ2n) is 4.95. The van der Waals surface area contributed by atoms with Gasteiger partial charge in [0.2, 0.25) is 0 Å². The molecule has 3 rings (SSSR count). The topological polar surface area (TPSA) is 24.5 Å². The molecule has 1 aromatic carbocycles. The van der Waals surface area contributed by atoms with Gasteiger partial charge in [-0.1, -0.05) is 12.1 Å². The van der Waals surface area contributed by atoms with Crippen LogP contribution in [0.2, 0.25) is 0 Å². The van der Waals surface area contributed by atoms with Crippen LogP contribution in [0.25, 0.3) is 0 Å². The molecule has 0 atom stereocenters. The number of fused-ring (bicyclic) bond motifs is 1. The largest absolute Gasteiger partial charge is 0.382 e. The van der Waals surface area contributed by atoms with Crippen LogP contribution in [-0.2, 0) is 4.74 Å². The van der Waals surface area contributed by atoms with Crippen molar-refractivity contribution in [2.24, 2.45) is 5.92 Å². The zero-order valence-corrected chi connectivity index (χ0v) is 11.4. The van der Waals surface area contributed by atoms with Crippen molar-refractivity contribution in [3.8, 4) is 0 Å². The Morgan fingerprint density at radius 2 is 2.00 bits per heavy atom. The summed E-state index contributed by atoms with van der Waals surface area (Å²) in [5.74, 6) is 0.801. The normalized spacial score (nSPS) is 19.7. The molecule has 1 fully saturated rings. The number of hydrogen-bond acceptors (Lipinski definition) is 3. The van der Waals surface area contributed by atoms with Gasteiger partial charge in [0, 0.05) is 32.8 Å². The summed E-state index contributed by atoms with van der Waals surface area (Å²) in [4.78, 5) is 2.53. The lowest BCUT2D eigenvalue weighted by atomic mass is 9.99. The molecule has 1 saturated heterocycles. The fourth-order valence-corrected chi connectivity index (χ4v) is 2.78. The van der Waals surface area contributed by atoms with E-state index in [-0.39, 0.29) is 12.4 Å². The van der Waals surface area contributed by atoms with Gasteiger partial charge in [-0.15, -0.1) is 12.4 Å².